The van der Waals surface area contributed by atoms with Gasteiger partial charge in [0, 0.05) is 6.42 Å². The summed E-state index contributed by atoms with van der Waals surface area (Å²) in [6.45, 7) is 2.06. The smallest absolute Gasteiger partial charge is 0.106 e. The van der Waals surface area contributed by atoms with Crippen LogP contribution in [0.1, 0.15) is 25.5 Å². The number of aliphatic hydroxyl groups is 1. The first kappa shape index (κ1) is 8.34. The molecule has 1 N–H and O–H groups in total. The number of rotatable bonds is 4. The fourth-order valence-electron chi connectivity index (χ4n) is 1.10. The highest BCUT2D eigenvalue weighted by Gasteiger charge is 2.05. The fourth-order valence-corrected chi connectivity index (χ4v) is 1.10. The van der Waals surface area contributed by atoms with Gasteiger partial charge in [-0.15, -0.1) is 0 Å². The maximum Gasteiger partial charge on any atom is 0.106 e. The van der Waals surface area contributed by atoms with Crippen LogP contribution in [0.2, 0.25) is 0 Å². The summed E-state index contributed by atoms with van der Waals surface area (Å²) < 4.78 is 5.09. The molecule has 11 heavy (non-hydrogen) atoms. The summed E-state index contributed by atoms with van der Waals surface area (Å²) in [4.78, 5) is 0. The van der Waals surface area contributed by atoms with Crippen LogP contribution in [0.3, 0.4) is 0 Å². The molecule has 0 radical (unpaired) electrons. The van der Waals surface area contributed by atoms with Gasteiger partial charge in [0.1, 0.15) is 5.76 Å². The molecule has 0 aromatic carbocycles. The molecule has 1 aromatic heterocycles. The van der Waals surface area contributed by atoms with Gasteiger partial charge in [0.05, 0.1) is 12.4 Å². The highest BCUT2D eigenvalue weighted by Crippen LogP contribution is 2.07. The minimum Gasteiger partial charge on any atom is -0.469 e. The Bertz CT molecular complexity index is 179. The van der Waals surface area contributed by atoms with Gasteiger partial charge in [0.2, 0.25) is 0 Å². The number of hydrogen-bond acceptors (Lipinski definition) is 2. The number of furan rings is 1. The topological polar surface area (TPSA) is 33.4 Å². The lowest BCUT2D eigenvalue weighted by molar-refractivity contribution is 0.157. The van der Waals surface area contributed by atoms with Crippen molar-refractivity contribution in [2.45, 2.75) is 32.3 Å². The van der Waals surface area contributed by atoms with Crippen LogP contribution in [0.25, 0.3) is 0 Å². The van der Waals surface area contributed by atoms with E-state index in [0.717, 1.165) is 18.6 Å². The molecule has 62 valence electrons. The molecule has 1 atom stereocenters. The van der Waals surface area contributed by atoms with E-state index >= 15 is 0 Å². The second kappa shape index (κ2) is 4.19. The largest absolute Gasteiger partial charge is 0.469 e. The van der Waals surface area contributed by atoms with Crippen molar-refractivity contribution in [1.82, 2.24) is 0 Å². The van der Waals surface area contributed by atoms with E-state index in [9.17, 15) is 5.11 Å². The van der Waals surface area contributed by atoms with Gasteiger partial charge in [-0.2, -0.15) is 0 Å². The molecule has 0 aliphatic rings. The summed E-state index contributed by atoms with van der Waals surface area (Å²) in [7, 11) is 0. The molecular weight excluding hydrogens is 140 g/mol. The van der Waals surface area contributed by atoms with Crippen LogP contribution in [-0.2, 0) is 6.42 Å². The summed E-state index contributed by atoms with van der Waals surface area (Å²) in [5, 5.41) is 9.36. The molecule has 1 aromatic rings. The maximum absolute atomic E-state index is 9.36. The number of aliphatic hydroxyl groups excluding tert-OH is 1. The Morgan fingerprint density at radius 1 is 1.64 bits per heavy atom. The van der Waals surface area contributed by atoms with Crippen LogP contribution >= 0.6 is 0 Å². The minimum absolute atomic E-state index is 0.244. The normalized spacial score (nSPS) is 13.3. The predicted molar refractivity (Wildman–Crippen MR) is 43.3 cm³/mol. The van der Waals surface area contributed by atoms with Gasteiger partial charge in [0.25, 0.3) is 0 Å². The molecule has 0 saturated heterocycles. The molecule has 0 amide bonds. The van der Waals surface area contributed by atoms with Crippen LogP contribution in [0.4, 0.5) is 0 Å². The lowest BCUT2D eigenvalue weighted by atomic mass is 10.1. The molecule has 1 heterocycles. The number of hydrogen-bond donors (Lipinski definition) is 1. The second-order valence-corrected chi connectivity index (χ2v) is 2.73. The highest BCUT2D eigenvalue weighted by molar-refractivity contribution is 4.99. The van der Waals surface area contributed by atoms with E-state index in [1.54, 1.807) is 6.26 Å². The van der Waals surface area contributed by atoms with Crippen LogP contribution < -0.4 is 0 Å². The first-order valence-corrected chi connectivity index (χ1v) is 4.03. The highest BCUT2D eigenvalue weighted by atomic mass is 16.3. The average Bonchev–Trinajstić information content (AvgIpc) is 2.40. The predicted octanol–water partition coefficient (Wildman–Crippen LogP) is 1.98. The molecule has 2 nitrogen and oxygen atoms in total. The van der Waals surface area contributed by atoms with E-state index in [1.807, 2.05) is 12.1 Å². The van der Waals surface area contributed by atoms with E-state index in [0.29, 0.717) is 6.42 Å². The van der Waals surface area contributed by atoms with Crippen LogP contribution in [0.15, 0.2) is 22.8 Å². The third kappa shape index (κ3) is 2.76. The van der Waals surface area contributed by atoms with Crippen molar-refractivity contribution in [2.75, 3.05) is 0 Å². The van der Waals surface area contributed by atoms with Gasteiger partial charge >= 0.3 is 0 Å². The Balaban J connectivity index is 2.31. The van der Waals surface area contributed by atoms with Crippen molar-refractivity contribution in [1.29, 1.82) is 0 Å². The SMILES string of the molecule is CCCC(O)Cc1ccco1. The molecule has 1 unspecified atom stereocenters. The first-order valence-electron chi connectivity index (χ1n) is 4.03. The Kier molecular flexibility index (Phi) is 3.17. The van der Waals surface area contributed by atoms with Gasteiger partial charge in [-0.3, -0.25) is 0 Å². The van der Waals surface area contributed by atoms with Gasteiger partial charge in [0.15, 0.2) is 0 Å². The summed E-state index contributed by atoms with van der Waals surface area (Å²) in [6.07, 6.45) is 3.89. The quantitative estimate of drug-likeness (QED) is 0.719. The molecular formula is C9H14O2. The summed E-state index contributed by atoms with van der Waals surface area (Å²) in [5.74, 6) is 0.867. The zero-order valence-electron chi connectivity index (χ0n) is 6.79. The monoisotopic (exact) mass is 154 g/mol. The Morgan fingerprint density at radius 3 is 3.00 bits per heavy atom. The van der Waals surface area contributed by atoms with Crippen molar-refractivity contribution < 1.29 is 9.52 Å². The zero-order chi connectivity index (χ0) is 8.10. The molecule has 0 aliphatic carbocycles. The van der Waals surface area contributed by atoms with Gasteiger partial charge in [-0.1, -0.05) is 13.3 Å². The van der Waals surface area contributed by atoms with E-state index < -0.39 is 0 Å². The van der Waals surface area contributed by atoms with Crippen LogP contribution in [0, 0.1) is 0 Å². The fraction of sp³-hybridized carbons (Fsp3) is 0.556. The van der Waals surface area contributed by atoms with Gasteiger partial charge in [-0.05, 0) is 18.6 Å². The standard InChI is InChI=1S/C9H14O2/c1-2-4-8(10)7-9-5-3-6-11-9/h3,5-6,8,10H,2,4,7H2,1H3. The molecule has 0 spiro atoms. The Hall–Kier alpha value is -0.760. The first-order chi connectivity index (χ1) is 5.33. The van der Waals surface area contributed by atoms with E-state index in [4.69, 9.17) is 4.42 Å². The van der Waals surface area contributed by atoms with E-state index in [-0.39, 0.29) is 6.10 Å². The van der Waals surface area contributed by atoms with Gasteiger partial charge < -0.3 is 9.52 Å². The minimum atomic E-state index is -0.244. The summed E-state index contributed by atoms with van der Waals surface area (Å²) >= 11 is 0. The lowest BCUT2D eigenvalue weighted by Gasteiger charge is -2.05. The molecule has 1 rings (SSSR count). The second-order valence-electron chi connectivity index (χ2n) is 2.73. The molecule has 0 saturated carbocycles. The molecule has 0 bridgehead atoms. The Morgan fingerprint density at radius 2 is 2.45 bits per heavy atom. The van der Waals surface area contributed by atoms with Crippen molar-refractivity contribution >= 4 is 0 Å². The van der Waals surface area contributed by atoms with Crippen LogP contribution in [-0.4, -0.2) is 11.2 Å². The molecule has 2 heteroatoms. The van der Waals surface area contributed by atoms with Crippen molar-refractivity contribution in [3.8, 4) is 0 Å². The average molecular weight is 154 g/mol. The summed E-state index contributed by atoms with van der Waals surface area (Å²) in [5.41, 5.74) is 0. The third-order valence-electron chi connectivity index (χ3n) is 1.64. The van der Waals surface area contributed by atoms with E-state index in [1.165, 1.54) is 0 Å². The van der Waals surface area contributed by atoms with Crippen LogP contribution in [0.5, 0.6) is 0 Å². The van der Waals surface area contributed by atoms with E-state index in [2.05, 4.69) is 6.92 Å². The van der Waals surface area contributed by atoms with Crippen molar-refractivity contribution in [2.24, 2.45) is 0 Å². The van der Waals surface area contributed by atoms with Crippen molar-refractivity contribution in [3.05, 3.63) is 24.2 Å². The van der Waals surface area contributed by atoms with Gasteiger partial charge in [-0.25, -0.2) is 0 Å². The maximum atomic E-state index is 9.36. The zero-order valence-corrected chi connectivity index (χ0v) is 6.79. The summed E-state index contributed by atoms with van der Waals surface area (Å²) in [6, 6.07) is 3.73. The van der Waals surface area contributed by atoms with Crippen molar-refractivity contribution in [3.63, 3.8) is 0 Å². The lowest BCUT2D eigenvalue weighted by Crippen LogP contribution is -2.08. The Labute approximate surface area is 66.8 Å². The molecule has 0 aliphatic heterocycles. The third-order valence-corrected chi connectivity index (χ3v) is 1.64. The molecule has 0 fully saturated rings.